The molecule has 0 aromatic carbocycles. The normalized spacial score (nSPS) is 15.1. The van der Waals surface area contributed by atoms with E-state index < -0.39 is 11.5 Å². The van der Waals surface area contributed by atoms with Crippen molar-refractivity contribution in [1.82, 2.24) is 0 Å². The summed E-state index contributed by atoms with van der Waals surface area (Å²) in [4.78, 5) is 10.3. The summed E-state index contributed by atoms with van der Waals surface area (Å²) >= 11 is 0. The molecule has 4 heteroatoms. The van der Waals surface area contributed by atoms with E-state index in [9.17, 15) is 4.79 Å². The number of aliphatic carboxylic acids is 1. The summed E-state index contributed by atoms with van der Waals surface area (Å²) in [6.07, 6.45) is 1.33. The maximum absolute atomic E-state index is 10.3. The predicted molar refractivity (Wildman–Crippen MR) is 42.4 cm³/mol. The average Bonchev–Trinajstić information content (AvgIpc) is 1.65. The van der Waals surface area contributed by atoms with Crippen molar-refractivity contribution >= 4 is 18.4 Å². The molecule has 0 aliphatic rings. The third-order valence-corrected chi connectivity index (χ3v) is 1.26. The van der Waals surface area contributed by atoms with Crippen LogP contribution in [0.25, 0.3) is 0 Å². The first-order chi connectivity index (χ1) is 4.00. The zero-order chi connectivity index (χ0) is 7.49. The molecule has 0 aliphatic heterocycles. The lowest BCUT2D eigenvalue weighted by Crippen LogP contribution is -2.44. The van der Waals surface area contributed by atoms with Gasteiger partial charge >= 0.3 is 5.97 Å². The van der Waals surface area contributed by atoms with Crippen molar-refractivity contribution < 1.29 is 9.90 Å². The molecular formula is C6H14ClNO2. The lowest BCUT2D eigenvalue weighted by atomic mass is 9.98. The molecule has 0 rings (SSSR count). The Kier molecular flexibility index (Phi) is 5.61. The van der Waals surface area contributed by atoms with E-state index in [2.05, 4.69) is 0 Å². The van der Waals surface area contributed by atoms with Gasteiger partial charge in [-0.2, -0.15) is 0 Å². The largest absolute Gasteiger partial charge is 0.480 e. The molecule has 3 nitrogen and oxygen atoms in total. The molecule has 1 atom stereocenters. The van der Waals surface area contributed by atoms with Crippen LogP contribution in [0.3, 0.4) is 0 Å². The fourth-order valence-electron chi connectivity index (χ4n) is 0.626. The van der Waals surface area contributed by atoms with E-state index in [0.29, 0.717) is 6.42 Å². The van der Waals surface area contributed by atoms with Crippen molar-refractivity contribution in [3.05, 3.63) is 0 Å². The van der Waals surface area contributed by atoms with Gasteiger partial charge in [-0.1, -0.05) is 13.3 Å². The minimum atomic E-state index is -1.03. The maximum Gasteiger partial charge on any atom is 0.323 e. The van der Waals surface area contributed by atoms with Crippen LogP contribution in [0.4, 0.5) is 0 Å². The van der Waals surface area contributed by atoms with Gasteiger partial charge in [-0.25, -0.2) is 0 Å². The predicted octanol–water partition coefficient (Wildman–Crippen LogP) is 1.01. The van der Waals surface area contributed by atoms with Crippen LogP contribution < -0.4 is 5.73 Å². The summed E-state index contributed by atoms with van der Waals surface area (Å²) in [5.41, 5.74) is 4.34. The number of carboxylic acid groups (broad SMARTS) is 1. The Hall–Kier alpha value is -0.280. The van der Waals surface area contributed by atoms with Gasteiger partial charge in [0.1, 0.15) is 5.54 Å². The number of carboxylic acids is 1. The number of halogens is 1. The first-order valence-electron chi connectivity index (χ1n) is 3.03. The molecule has 0 saturated carbocycles. The molecule has 0 radical (unpaired) electrons. The van der Waals surface area contributed by atoms with Crippen molar-refractivity contribution in [1.29, 1.82) is 0 Å². The van der Waals surface area contributed by atoms with E-state index >= 15 is 0 Å². The van der Waals surface area contributed by atoms with E-state index in [1.807, 2.05) is 6.92 Å². The molecule has 0 bridgehead atoms. The van der Waals surface area contributed by atoms with Gasteiger partial charge < -0.3 is 10.8 Å². The Morgan fingerprint density at radius 3 is 2.20 bits per heavy atom. The van der Waals surface area contributed by atoms with Crippen LogP contribution in [0.15, 0.2) is 0 Å². The van der Waals surface area contributed by atoms with E-state index in [-0.39, 0.29) is 12.4 Å². The van der Waals surface area contributed by atoms with Crippen LogP contribution in [0.5, 0.6) is 0 Å². The third kappa shape index (κ3) is 3.69. The summed E-state index contributed by atoms with van der Waals surface area (Å²) in [5.74, 6) is -0.927. The first kappa shape index (κ1) is 12.4. The van der Waals surface area contributed by atoms with Gasteiger partial charge in [0.05, 0.1) is 0 Å². The number of hydrogen-bond donors (Lipinski definition) is 2. The van der Waals surface area contributed by atoms with Crippen LogP contribution in [0.1, 0.15) is 26.7 Å². The summed E-state index contributed by atoms with van der Waals surface area (Å²) in [6, 6.07) is 0. The highest BCUT2D eigenvalue weighted by atomic mass is 35.5. The molecule has 10 heavy (non-hydrogen) atoms. The Balaban J connectivity index is 0. The van der Waals surface area contributed by atoms with Crippen LogP contribution in [-0.2, 0) is 4.79 Å². The number of nitrogens with two attached hydrogens (primary N) is 1. The van der Waals surface area contributed by atoms with E-state index in [0.717, 1.165) is 6.42 Å². The summed E-state index contributed by atoms with van der Waals surface area (Å²) < 4.78 is 0. The SMILES string of the molecule is CCCC(C)(N)C(=O)O.Cl. The summed E-state index contributed by atoms with van der Waals surface area (Å²) in [7, 11) is 0. The van der Waals surface area contributed by atoms with Crippen LogP contribution in [0.2, 0.25) is 0 Å². The highest BCUT2D eigenvalue weighted by Gasteiger charge is 2.25. The molecule has 1 unspecified atom stereocenters. The Bertz CT molecular complexity index is 114. The molecule has 0 saturated heterocycles. The van der Waals surface area contributed by atoms with Crippen LogP contribution in [-0.4, -0.2) is 16.6 Å². The molecule has 0 spiro atoms. The summed E-state index contributed by atoms with van der Waals surface area (Å²) in [5, 5.41) is 8.45. The fraction of sp³-hybridized carbons (Fsp3) is 0.833. The second kappa shape index (κ2) is 4.52. The van der Waals surface area contributed by atoms with Crippen molar-refractivity contribution in [2.24, 2.45) is 5.73 Å². The second-order valence-electron chi connectivity index (χ2n) is 2.47. The highest BCUT2D eigenvalue weighted by Crippen LogP contribution is 2.07. The van der Waals surface area contributed by atoms with Gasteiger partial charge in [0.2, 0.25) is 0 Å². The topological polar surface area (TPSA) is 63.3 Å². The molecule has 3 N–H and O–H groups in total. The van der Waals surface area contributed by atoms with Crippen molar-refractivity contribution in [3.63, 3.8) is 0 Å². The zero-order valence-electron chi connectivity index (χ0n) is 6.26. The number of carbonyl (C=O) groups is 1. The molecule has 0 amide bonds. The molecule has 0 aromatic rings. The highest BCUT2D eigenvalue weighted by molar-refractivity contribution is 5.85. The Morgan fingerprint density at radius 2 is 2.10 bits per heavy atom. The molecule has 0 aromatic heterocycles. The smallest absolute Gasteiger partial charge is 0.323 e. The van der Waals surface area contributed by atoms with Crippen molar-refractivity contribution in [2.75, 3.05) is 0 Å². The first-order valence-corrected chi connectivity index (χ1v) is 3.03. The van der Waals surface area contributed by atoms with Gasteiger partial charge in [-0.15, -0.1) is 12.4 Å². The number of rotatable bonds is 3. The standard InChI is InChI=1S/C6H13NO2.ClH/c1-3-4-6(2,7)5(8)9;/h3-4,7H2,1-2H3,(H,8,9);1H. The van der Waals surface area contributed by atoms with Gasteiger partial charge in [0.15, 0.2) is 0 Å². The Morgan fingerprint density at radius 1 is 1.70 bits per heavy atom. The van der Waals surface area contributed by atoms with Gasteiger partial charge in [-0.3, -0.25) is 4.79 Å². The fourth-order valence-corrected chi connectivity index (χ4v) is 0.626. The van der Waals surface area contributed by atoms with Crippen molar-refractivity contribution in [3.8, 4) is 0 Å². The summed E-state index contributed by atoms with van der Waals surface area (Å²) in [6.45, 7) is 3.44. The lowest BCUT2D eigenvalue weighted by molar-refractivity contribution is -0.142. The third-order valence-electron chi connectivity index (χ3n) is 1.26. The van der Waals surface area contributed by atoms with E-state index in [1.165, 1.54) is 6.92 Å². The quantitative estimate of drug-likeness (QED) is 0.660. The van der Waals surface area contributed by atoms with Gasteiger partial charge in [0.25, 0.3) is 0 Å². The Labute approximate surface area is 67.0 Å². The minimum absolute atomic E-state index is 0. The monoisotopic (exact) mass is 167 g/mol. The molecule has 0 fully saturated rings. The van der Waals surface area contributed by atoms with Crippen LogP contribution in [0, 0.1) is 0 Å². The molecule has 0 heterocycles. The number of hydrogen-bond acceptors (Lipinski definition) is 2. The van der Waals surface area contributed by atoms with Crippen molar-refractivity contribution in [2.45, 2.75) is 32.2 Å². The van der Waals surface area contributed by atoms with E-state index in [4.69, 9.17) is 10.8 Å². The zero-order valence-corrected chi connectivity index (χ0v) is 7.07. The van der Waals surface area contributed by atoms with Gasteiger partial charge in [0, 0.05) is 0 Å². The minimum Gasteiger partial charge on any atom is -0.480 e. The van der Waals surface area contributed by atoms with Crippen LogP contribution >= 0.6 is 12.4 Å². The molecule has 0 aliphatic carbocycles. The van der Waals surface area contributed by atoms with Gasteiger partial charge in [-0.05, 0) is 13.3 Å². The lowest BCUT2D eigenvalue weighted by Gasteiger charge is -2.16. The average molecular weight is 168 g/mol. The van der Waals surface area contributed by atoms with E-state index in [1.54, 1.807) is 0 Å². The molecular weight excluding hydrogens is 154 g/mol. The molecule has 62 valence electrons. The maximum atomic E-state index is 10.3. The second-order valence-corrected chi connectivity index (χ2v) is 2.47.